The summed E-state index contributed by atoms with van der Waals surface area (Å²) >= 11 is 3.18. The monoisotopic (exact) mass is 346 g/mol. The number of H-pyrrole nitrogens is 1. The fraction of sp³-hybridized carbons (Fsp3) is 0.235. The minimum Gasteiger partial charge on any atom is -0.338 e. The summed E-state index contributed by atoms with van der Waals surface area (Å²) in [5, 5.41) is 0. The molecule has 0 aliphatic rings. The lowest BCUT2D eigenvalue weighted by atomic mass is 9.87. The quantitative estimate of drug-likeness (QED) is 0.625. The highest BCUT2D eigenvalue weighted by molar-refractivity contribution is 9.10. The average molecular weight is 347 g/mol. The fourth-order valence-corrected chi connectivity index (χ4v) is 2.60. The number of aromatic nitrogens is 2. The summed E-state index contributed by atoms with van der Waals surface area (Å²) in [5.74, 6) is 0.462. The molecule has 2 aromatic carbocycles. The van der Waals surface area contributed by atoms with E-state index in [1.165, 1.54) is 11.6 Å². The third-order valence-electron chi connectivity index (χ3n) is 3.55. The van der Waals surface area contributed by atoms with Gasteiger partial charge in [0.05, 0.1) is 15.5 Å². The van der Waals surface area contributed by atoms with Gasteiger partial charge in [-0.3, -0.25) is 0 Å². The largest absolute Gasteiger partial charge is 0.338 e. The molecule has 21 heavy (non-hydrogen) atoms. The van der Waals surface area contributed by atoms with E-state index in [1.54, 1.807) is 6.07 Å². The van der Waals surface area contributed by atoms with Gasteiger partial charge in [-0.1, -0.05) is 45.0 Å². The van der Waals surface area contributed by atoms with Crippen LogP contribution in [-0.4, -0.2) is 9.97 Å². The van der Waals surface area contributed by atoms with Crippen LogP contribution in [0.4, 0.5) is 4.39 Å². The van der Waals surface area contributed by atoms with Gasteiger partial charge in [0.1, 0.15) is 11.6 Å². The van der Waals surface area contributed by atoms with Crippen LogP contribution >= 0.6 is 15.9 Å². The Morgan fingerprint density at radius 1 is 1.10 bits per heavy atom. The Bertz CT molecular complexity index is 759. The number of halogens is 2. The minimum absolute atomic E-state index is 0.125. The van der Waals surface area contributed by atoms with Crippen molar-refractivity contribution in [2.24, 2.45) is 0 Å². The van der Waals surface area contributed by atoms with Gasteiger partial charge in [-0.15, -0.1) is 0 Å². The molecule has 0 atom stereocenters. The molecule has 0 unspecified atom stereocenters. The summed E-state index contributed by atoms with van der Waals surface area (Å²) in [5.41, 5.74) is 3.84. The van der Waals surface area contributed by atoms with Crippen LogP contribution in [-0.2, 0) is 5.41 Å². The number of nitrogens with one attached hydrogen (secondary N) is 1. The normalized spacial score (nSPS) is 12.0. The highest BCUT2D eigenvalue weighted by atomic mass is 79.9. The third-order valence-corrected chi connectivity index (χ3v) is 4.16. The molecule has 108 valence electrons. The molecule has 0 aliphatic heterocycles. The number of hydrogen-bond donors (Lipinski definition) is 1. The van der Waals surface area contributed by atoms with Crippen molar-refractivity contribution in [1.82, 2.24) is 9.97 Å². The summed E-state index contributed by atoms with van der Waals surface area (Å²) in [6.07, 6.45) is 0. The van der Waals surface area contributed by atoms with Gasteiger partial charge in [-0.05, 0) is 33.0 Å². The van der Waals surface area contributed by atoms with Gasteiger partial charge >= 0.3 is 0 Å². The summed E-state index contributed by atoms with van der Waals surface area (Å²) in [6.45, 7) is 6.55. The SMILES string of the molecule is CC(C)(C)c1ccc(-c2nc3cc(Br)c(F)cc3[nH]2)cc1. The number of benzene rings is 2. The molecular formula is C17H16BrFN2. The van der Waals surface area contributed by atoms with E-state index >= 15 is 0 Å². The van der Waals surface area contributed by atoms with E-state index in [0.29, 0.717) is 9.99 Å². The van der Waals surface area contributed by atoms with Crippen LogP contribution in [0.25, 0.3) is 22.4 Å². The molecule has 0 saturated heterocycles. The lowest BCUT2D eigenvalue weighted by molar-refractivity contribution is 0.590. The molecule has 0 bridgehead atoms. The predicted molar refractivity (Wildman–Crippen MR) is 87.9 cm³/mol. The number of imidazole rings is 1. The molecule has 1 heterocycles. The van der Waals surface area contributed by atoms with Crippen molar-refractivity contribution in [2.45, 2.75) is 26.2 Å². The van der Waals surface area contributed by atoms with E-state index in [-0.39, 0.29) is 11.2 Å². The molecule has 0 aliphatic carbocycles. The van der Waals surface area contributed by atoms with Crippen LogP contribution < -0.4 is 0 Å². The minimum atomic E-state index is -0.291. The summed E-state index contributed by atoms with van der Waals surface area (Å²) in [6, 6.07) is 11.5. The van der Waals surface area contributed by atoms with Crippen molar-refractivity contribution in [1.29, 1.82) is 0 Å². The molecule has 0 radical (unpaired) electrons. The first-order valence-electron chi connectivity index (χ1n) is 6.80. The zero-order valence-corrected chi connectivity index (χ0v) is 13.8. The van der Waals surface area contributed by atoms with Crippen molar-refractivity contribution < 1.29 is 4.39 Å². The Labute approximate surface area is 131 Å². The Kier molecular flexibility index (Phi) is 3.36. The molecule has 1 aromatic heterocycles. The number of fused-ring (bicyclic) bond motifs is 1. The van der Waals surface area contributed by atoms with Crippen molar-refractivity contribution in [2.75, 3.05) is 0 Å². The average Bonchev–Trinajstić information content (AvgIpc) is 2.81. The summed E-state index contributed by atoms with van der Waals surface area (Å²) < 4.78 is 14.0. The molecule has 3 rings (SSSR count). The van der Waals surface area contributed by atoms with Gasteiger partial charge in [-0.25, -0.2) is 9.37 Å². The highest BCUT2D eigenvalue weighted by Crippen LogP contribution is 2.27. The van der Waals surface area contributed by atoms with Crippen molar-refractivity contribution in [3.63, 3.8) is 0 Å². The number of rotatable bonds is 1. The van der Waals surface area contributed by atoms with Crippen LogP contribution in [0.1, 0.15) is 26.3 Å². The fourth-order valence-electron chi connectivity index (χ4n) is 2.27. The van der Waals surface area contributed by atoms with Gasteiger partial charge < -0.3 is 4.98 Å². The van der Waals surface area contributed by atoms with Gasteiger partial charge in [-0.2, -0.15) is 0 Å². The van der Waals surface area contributed by atoms with E-state index in [4.69, 9.17) is 0 Å². The smallest absolute Gasteiger partial charge is 0.139 e. The second kappa shape index (κ2) is 4.95. The first kappa shape index (κ1) is 14.3. The molecular weight excluding hydrogens is 331 g/mol. The Morgan fingerprint density at radius 2 is 1.76 bits per heavy atom. The predicted octanol–water partition coefficient (Wildman–Crippen LogP) is 5.43. The number of aromatic amines is 1. The Hall–Kier alpha value is -1.68. The number of nitrogens with zero attached hydrogens (tertiary/aromatic N) is 1. The zero-order chi connectivity index (χ0) is 15.2. The third kappa shape index (κ3) is 2.72. The summed E-state index contributed by atoms with van der Waals surface area (Å²) in [4.78, 5) is 7.69. The topological polar surface area (TPSA) is 28.7 Å². The first-order valence-corrected chi connectivity index (χ1v) is 7.59. The van der Waals surface area contributed by atoms with Gasteiger partial charge in [0.25, 0.3) is 0 Å². The Balaban J connectivity index is 2.04. The van der Waals surface area contributed by atoms with Gasteiger partial charge in [0.2, 0.25) is 0 Å². The van der Waals surface area contributed by atoms with E-state index < -0.39 is 0 Å². The molecule has 0 saturated carbocycles. The molecule has 0 spiro atoms. The molecule has 0 fully saturated rings. The first-order chi connectivity index (χ1) is 9.84. The maximum absolute atomic E-state index is 13.5. The van der Waals surface area contributed by atoms with Crippen LogP contribution in [0.3, 0.4) is 0 Å². The van der Waals surface area contributed by atoms with Crippen LogP contribution in [0.15, 0.2) is 40.9 Å². The van der Waals surface area contributed by atoms with Crippen LogP contribution in [0.2, 0.25) is 0 Å². The Morgan fingerprint density at radius 3 is 2.38 bits per heavy atom. The lowest BCUT2D eigenvalue weighted by Gasteiger charge is -2.18. The van der Waals surface area contributed by atoms with Crippen LogP contribution in [0, 0.1) is 5.82 Å². The van der Waals surface area contributed by atoms with E-state index in [2.05, 4.69) is 58.8 Å². The van der Waals surface area contributed by atoms with Crippen molar-refractivity contribution >= 4 is 27.0 Å². The molecule has 1 N–H and O–H groups in total. The zero-order valence-electron chi connectivity index (χ0n) is 12.2. The van der Waals surface area contributed by atoms with Crippen molar-refractivity contribution in [3.8, 4) is 11.4 Å². The van der Waals surface area contributed by atoms with E-state index in [1.807, 2.05) is 12.1 Å². The number of hydrogen-bond acceptors (Lipinski definition) is 1. The maximum Gasteiger partial charge on any atom is 0.139 e. The lowest BCUT2D eigenvalue weighted by Crippen LogP contribution is -2.10. The second-order valence-electron chi connectivity index (χ2n) is 6.20. The second-order valence-corrected chi connectivity index (χ2v) is 7.05. The van der Waals surface area contributed by atoms with E-state index in [0.717, 1.165) is 16.9 Å². The van der Waals surface area contributed by atoms with Crippen LogP contribution in [0.5, 0.6) is 0 Å². The van der Waals surface area contributed by atoms with E-state index in [9.17, 15) is 4.39 Å². The summed E-state index contributed by atoms with van der Waals surface area (Å²) in [7, 11) is 0. The standard InChI is InChI=1S/C17H16BrFN2/c1-17(2,3)11-6-4-10(5-7-11)16-20-14-8-12(18)13(19)9-15(14)21-16/h4-9H,1-3H3,(H,20,21). The highest BCUT2D eigenvalue weighted by Gasteiger charge is 2.14. The molecule has 4 heteroatoms. The van der Waals surface area contributed by atoms with Crippen molar-refractivity contribution in [3.05, 3.63) is 52.3 Å². The molecule has 0 amide bonds. The van der Waals surface area contributed by atoms with Gasteiger partial charge in [0.15, 0.2) is 0 Å². The van der Waals surface area contributed by atoms with Gasteiger partial charge in [0, 0.05) is 11.6 Å². The molecule has 2 nitrogen and oxygen atoms in total. The molecule has 3 aromatic rings. The maximum atomic E-state index is 13.5.